The molecule has 126 valence electrons. The second-order valence-corrected chi connectivity index (χ2v) is 5.20. The second-order valence-electron chi connectivity index (χ2n) is 5.20. The molecule has 0 spiro atoms. The van der Waals surface area contributed by atoms with Gasteiger partial charge in [-0.05, 0) is 29.7 Å². The fourth-order valence-electron chi connectivity index (χ4n) is 2.50. The van der Waals surface area contributed by atoms with Gasteiger partial charge in [0.15, 0.2) is 5.96 Å². The number of nitrogens with one attached hydrogen (secondary N) is 2. The van der Waals surface area contributed by atoms with Crippen LogP contribution in [-0.4, -0.2) is 30.6 Å². The summed E-state index contributed by atoms with van der Waals surface area (Å²) < 4.78 is 13.4. The van der Waals surface area contributed by atoms with Crippen molar-refractivity contribution in [2.45, 2.75) is 12.5 Å². The summed E-state index contributed by atoms with van der Waals surface area (Å²) in [7, 11) is 0. The first kappa shape index (κ1) is 17.5. The maximum Gasteiger partial charge on any atom is 0.290 e. The van der Waals surface area contributed by atoms with E-state index >= 15 is 0 Å². The van der Waals surface area contributed by atoms with Crippen molar-refractivity contribution < 1.29 is 14.3 Å². The molecule has 1 unspecified atom stereocenters. The van der Waals surface area contributed by atoms with Gasteiger partial charge in [0.25, 0.3) is 6.47 Å². The molecular weight excluding hydrogens is 309 g/mol. The molecule has 3 rings (SSSR count). The summed E-state index contributed by atoms with van der Waals surface area (Å²) in [5.41, 5.74) is 2.13. The highest BCUT2D eigenvalue weighted by atomic mass is 19.1. The predicted molar refractivity (Wildman–Crippen MR) is 91.4 cm³/mol. The molecule has 1 aliphatic rings. The molecule has 1 aliphatic heterocycles. The topological polar surface area (TPSA) is 73.7 Å². The van der Waals surface area contributed by atoms with E-state index in [-0.39, 0.29) is 18.3 Å². The fraction of sp³-hybridized carbons (Fsp3) is 0.222. The summed E-state index contributed by atoms with van der Waals surface area (Å²) in [6.07, 6.45) is 0.711. The highest BCUT2D eigenvalue weighted by Gasteiger charge is 2.15. The van der Waals surface area contributed by atoms with Crippen LogP contribution in [0.5, 0.6) is 0 Å². The van der Waals surface area contributed by atoms with Crippen LogP contribution in [0.3, 0.4) is 0 Å². The quantitative estimate of drug-likeness (QED) is 0.753. The van der Waals surface area contributed by atoms with E-state index in [4.69, 9.17) is 9.90 Å². The standard InChI is InChI=1S/C17H18FN3.CH2O2/c18-15-8-4-5-13(11-15)12-16(14-6-2-1-3-7-14)21-17-19-9-10-20-17;2-1-3/h1-8,11,16H,9-10,12H2,(H2,19,20,21);1H,(H,2,3). The van der Waals surface area contributed by atoms with Crippen LogP contribution in [0.1, 0.15) is 17.2 Å². The first-order valence-corrected chi connectivity index (χ1v) is 7.65. The van der Waals surface area contributed by atoms with Crippen molar-refractivity contribution in [2.75, 3.05) is 13.1 Å². The van der Waals surface area contributed by atoms with E-state index in [0.717, 1.165) is 30.2 Å². The maximum atomic E-state index is 13.4. The molecule has 24 heavy (non-hydrogen) atoms. The Morgan fingerprint density at radius 2 is 2.00 bits per heavy atom. The predicted octanol–water partition coefficient (Wildman–Crippen LogP) is 2.36. The molecule has 3 N–H and O–H groups in total. The minimum atomic E-state index is -0.250. The van der Waals surface area contributed by atoms with Crippen molar-refractivity contribution in [1.29, 1.82) is 0 Å². The number of carbonyl (C=O) groups is 1. The number of aliphatic imine (C=N–C) groups is 1. The summed E-state index contributed by atoms with van der Waals surface area (Å²) in [6, 6.07) is 17.0. The summed E-state index contributed by atoms with van der Waals surface area (Å²) in [5, 5.41) is 13.5. The molecular formula is C18H20FN3O2. The van der Waals surface area contributed by atoms with Gasteiger partial charge in [0.1, 0.15) is 5.82 Å². The highest BCUT2D eigenvalue weighted by molar-refractivity contribution is 5.81. The van der Waals surface area contributed by atoms with Gasteiger partial charge in [-0.25, -0.2) is 4.39 Å². The normalized spacial score (nSPS) is 13.8. The average molecular weight is 329 g/mol. The Morgan fingerprint density at radius 1 is 1.25 bits per heavy atom. The van der Waals surface area contributed by atoms with Gasteiger partial charge in [0, 0.05) is 6.54 Å². The molecule has 0 aliphatic carbocycles. The van der Waals surface area contributed by atoms with E-state index in [2.05, 4.69) is 27.8 Å². The Morgan fingerprint density at radius 3 is 2.62 bits per heavy atom. The summed E-state index contributed by atoms with van der Waals surface area (Å²) >= 11 is 0. The third-order valence-corrected chi connectivity index (χ3v) is 3.52. The van der Waals surface area contributed by atoms with Crippen molar-refractivity contribution in [3.05, 3.63) is 71.5 Å². The Labute approximate surface area is 140 Å². The van der Waals surface area contributed by atoms with Crippen LogP contribution in [0.4, 0.5) is 4.39 Å². The van der Waals surface area contributed by atoms with E-state index in [0.29, 0.717) is 6.42 Å². The zero-order valence-corrected chi connectivity index (χ0v) is 13.2. The molecule has 2 aromatic carbocycles. The van der Waals surface area contributed by atoms with Crippen LogP contribution >= 0.6 is 0 Å². The fourth-order valence-corrected chi connectivity index (χ4v) is 2.50. The first-order valence-electron chi connectivity index (χ1n) is 7.65. The van der Waals surface area contributed by atoms with Crippen molar-refractivity contribution in [1.82, 2.24) is 10.6 Å². The first-order chi connectivity index (χ1) is 11.7. The molecule has 5 nitrogen and oxygen atoms in total. The molecule has 2 aromatic rings. The summed E-state index contributed by atoms with van der Waals surface area (Å²) in [4.78, 5) is 12.7. The minimum absolute atomic E-state index is 0.0670. The van der Waals surface area contributed by atoms with E-state index in [9.17, 15) is 4.39 Å². The van der Waals surface area contributed by atoms with Crippen LogP contribution in [0.2, 0.25) is 0 Å². The lowest BCUT2D eigenvalue weighted by atomic mass is 9.99. The van der Waals surface area contributed by atoms with Gasteiger partial charge < -0.3 is 15.7 Å². The zero-order valence-electron chi connectivity index (χ0n) is 13.2. The largest absolute Gasteiger partial charge is 0.483 e. The van der Waals surface area contributed by atoms with Crippen molar-refractivity contribution in [2.24, 2.45) is 4.99 Å². The van der Waals surface area contributed by atoms with Crippen molar-refractivity contribution >= 4 is 12.4 Å². The number of carboxylic acid groups (broad SMARTS) is 1. The Hall–Kier alpha value is -2.89. The van der Waals surface area contributed by atoms with Crippen LogP contribution in [-0.2, 0) is 11.2 Å². The number of hydrogen-bond donors (Lipinski definition) is 3. The third-order valence-electron chi connectivity index (χ3n) is 3.52. The van der Waals surface area contributed by atoms with Crippen LogP contribution in [0.25, 0.3) is 0 Å². The molecule has 0 saturated carbocycles. The number of guanidine groups is 1. The van der Waals surface area contributed by atoms with Crippen LogP contribution in [0.15, 0.2) is 59.6 Å². The molecule has 0 fully saturated rings. The Bertz CT molecular complexity index is 677. The lowest BCUT2D eigenvalue weighted by Crippen LogP contribution is -2.37. The number of hydrogen-bond acceptors (Lipinski definition) is 4. The van der Waals surface area contributed by atoms with E-state index < -0.39 is 0 Å². The average Bonchev–Trinajstić information content (AvgIpc) is 3.09. The minimum Gasteiger partial charge on any atom is -0.483 e. The summed E-state index contributed by atoms with van der Waals surface area (Å²) in [6.45, 7) is 1.41. The lowest BCUT2D eigenvalue weighted by molar-refractivity contribution is -0.122. The molecule has 0 aromatic heterocycles. The van der Waals surface area contributed by atoms with Gasteiger partial charge in [0.2, 0.25) is 0 Å². The number of benzene rings is 2. The molecule has 1 heterocycles. The zero-order chi connectivity index (χ0) is 17.2. The SMILES string of the molecule is Fc1cccc(CC(NC2=NCCN2)c2ccccc2)c1.O=CO. The second kappa shape index (κ2) is 9.29. The summed E-state index contributed by atoms with van der Waals surface area (Å²) in [5.74, 6) is 0.621. The molecule has 1 atom stereocenters. The molecule has 0 saturated heterocycles. The number of halogens is 1. The van der Waals surface area contributed by atoms with Gasteiger partial charge in [-0.15, -0.1) is 0 Å². The number of rotatable bonds is 4. The number of nitrogens with zero attached hydrogens (tertiary/aromatic N) is 1. The van der Waals surface area contributed by atoms with Crippen LogP contribution < -0.4 is 10.6 Å². The van der Waals surface area contributed by atoms with Crippen molar-refractivity contribution in [3.8, 4) is 0 Å². The van der Waals surface area contributed by atoms with Gasteiger partial charge in [-0.3, -0.25) is 9.79 Å². The van der Waals surface area contributed by atoms with E-state index in [1.165, 1.54) is 6.07 Å². The van der Waals surface area contributed by atoms with Crippen molar-refractivity contribution in [3.63, 3.8) is 0 Å². The molecule has 6 heteroatoms. The van der Waals surface area contributed by atoms with E-state index in [1.807, 2.05) is 24.3 Å². The van der Waals surface area contributed by atoms with Gasteiger partial charge >= 0.3 is 0 Å². The smallest absolute Gasteiger partial charge is 0.290 e. The lowest BCUT2D eigenvalue weighted by Gasteiger charge is -2.20. The third kappa shape index (κ3) is 5.39. The van der Waals surface area contributed by atoms with Gasteiger partial charge in [-0.2, -0.15) is 0 Å². The van der Waals surface area contributed by atoms with Crippen LogP contribution in [0, 0.1) is 5.82 Å². The molecule has 0 radical (unpaired) electrons. The Balaban J connectivity index is 0.000000647. The van der Waals surface area contributed by atoms with Gasteiger partial charge in [-0.1, -0.05) is 42.5 Å². The molecule has 0 bridgehead atoms. The highest BCUT2D eigenvalue weighted by Crippen LogP contribution is 2.19. The van der Waals surface area contributed by atoms with E-state index in [1.54, 1.807) is 12.1 Å². The monoisotopic (exact) mass is 329 g/mol. The van der Waals surface area contributed by atoms with Gasteiger partial charge in [0.05, 0.1) is 12.6 Å². The maximum absolute atomic E-state index is 13.4. The molecule has 0 amide bonds. The Kier molecular flexibility index (Phi) is 6.76.